The highest BCUT2D eigenvalue weighted by Crippen LogP contribution is 2.40. The summed E-state index contributed by atoms with van der Waals surface area (Å²) >= 11 is 0. The van der Waals surface area contributed by atoms with Crippen LogP contribution in [-0.2, 0) is 22.6 Å². The maximum atomic E-state index is 11.5. The molecule has 0 amide bonds. The maximum absolute atomic E-state index is 11.5. The van der Waals surface area contributed by atoms with E-state index in [1.165, 1.54) is 12.0 Å². The van der Waals surface area contributed by atoms with Crippen LogP contribution in [0.5, 0.6) is 0 Å². The molecule has 0 saturated carbocycles. The van der Waals surface area contributed by atoms with Crippen molar-refractivity contribution in [2.24, 2.45) is 5.92 Å². The standard InChI is InChI=1S/C25H35NO4/c1-18(2)13-14-20-10-6-12-22-24(26-30-25(20)22)21(16-23(27)28)11-7-15-29-17-19-8-4-3-5-9-19/h3-5,8-9,18,20-21H,6-7,10-17H2,1-2H3,(H,27,28)/t20-,21?/m0/s1. The van der Waals surface area contributed by atoms with E-state index in [0.717, 1.165) is 55.5 Å². The van der Waals surface area contributed by atoms with Crippen molar-refractivity contribution in [1.29, 1.82) is 0 Å². The van der Waals surface area contributed by atoms with Crippen molar-refractivity contribution < 1.29 is 19.2 Å². The van der Waals surface area contributed by atoms with Gasteiger partial charge in [0.2, 0.25) is 0 Å². The van der Waals surface area contributed by atoms with Gasteiger partial charge in [0.1, 0.15) is 5.76 Å². The first-order valence-electron chi connectivity index (χ1n) is 11.4. The summed E-state index contributed by atoms with van der Waals surface area (Å²) in [5.41, 5.74) is 3.22. The number of rotatable bonds is 12. The summed E-state index contributed by atoms with van der Waals surface area (Å²) in [5.74, 6) is 1.23. The molecule has 1 aromatic heterocycles. The van der Waals surface area contributed by atoms with Crippen LogP contribution in [0.15, 0.2) is 34.9 Å². The molecule has 3 rings (SSSR count). The number of fused-ring (bicyclic) bond motifs is 1. The molecule has 164 valence electrons. The fourth-order valence-electron chi connectivity index (χ4n) is 4.44. The molecule has 1 unspecified atom stereocenters. The quantitative estimate of drug-likeness (QED) is 0.427. The van der Waals surface area contributed by atoms with Crippen LogP contribution in [0.3, 0.4) is 0 Å². The summed E-state index contributed by atoms with van der Waals surface area (Å²) < 4.78 is 11.6. The fourth-order valence-corrected chi connectivity index (χ4v) is 4.44. The predicted molar refractivity (Wildman–Crippen MR) is 117 cm³/mol. The Hall–Kier alpha value is -2.14. The Labute approximate surface area is 179 Å². The number of carboxylic acid groups (broad SMARTS) is 1. The van der Waals surface area contributed by atoms with E-state index in [-0.39, 0.29) is 12.3 Å². The molecule has 0 spiro atoms. The average Bonchev–Trinajstić information content (AvgIpc) is 3.16. The van der Waals surface area contributed by atoms with Gasteiger partial charge in [-0.2, -0.15) is 0 Å². The van der Waals surface area contributed by atoms with Gasteiger partial charge in [0.15, 0.2) is 0 Å². The van der Waals surface area contributed by atoms with E-state index in [2.05, 4.69) is 19.0 Å². The van der Waals surface area contributed by atoms with Gasteiger partial charge in [-0.25, -0.2) is 0 Å². The van der Waals surface area contributed by atoms with Crippen molar-refractivity contribution in [3.05, 3.63) is 52.9 Å². The van der Waals surface area contributed by atoms with Crippen molar-refractivity contribution in [2.75, 3.05) is 6.61 Å². The van der Waals surface area contributed by atoms with E-state index < -0.39 is 5.97 Å². The van der Waals surface area contributed by atoms with Gasteiger partial charge in [0.25, 0.3) is 0 Å². The molecule has 1 heterocycles. The predicted octanol–water partition coefficient (Wildman–Crippen LogP) is 6.09. The molecule has 1 aromatic carbocycles. The third-order valence-electron chi connectivity index (χ3n) is 6.05. The Bertz CT molecular complexity index is 784. The molecule has 1 N–H and O–H groups in total. The van der Waals surface area contributed by atoms with Crippen LogP contribution < -0.4 is 0 Å². The smallest absolute Gasteiger partial charge is 0.304 e. The van der Waals surface area contributed by atoms with Gasteiger partial charge in [-0.3, -0.25) is 4.79 Å². The number of aromatic nitrogens is 1. The van der Waals surface area contributed by atoms with Crippen molar-refractivity contribution in [1.82, 2.24) is 5.16 Å². The normalized spacial score (nSPS) is 17.1. The lowest BCUT2D eigenvalue weighted by Gasteiger charge is -2.22. The minimum Gasteiger partial charge on any atom is -0.481 e. The first kappa shape index (κ1) is 22.5. The van der Waals surface area contributed by atoms with Gasteiger partial charge >= 0.3 is 5.97 Å². The third-order valence-corrected chi connectivity index (χ3v) is 6.05. The number of aliphatic carboxylic acids is 1. The second-order valence-corrected chi connectivity index (χ2v) is 8.95. The zero-order valence-electron chi connectivity index (χ0n) is 18.3. The van der Waals surface area contributed by atoms with Crippen molar-refractivity contribution >= 4 is 5.97 Å². The lowest BCUT2D eigenvalue weighted by atomic mass is 9.81. The molecular weight excluding hydrogens is 378 g/mol. The summed E-state index contributed by atoms with van der Waals surface area (Å²) in [4.78, 5) is 11.5. The van der Waals surface area contributed by atoms with Crippen molar-refractivity contribution in [3.63, 3.8) is 0 Å². The highest BCUT2D eigenvalue weighted by molar-refractivity contribution is 5.68. The van der Waals surface area contributed by atoms with Crippen LogP contribution in [0.4, 0.5) is 0 Å². The number of ether oxygens (including phenoxy) is 1. The molecule has 1 aliphatic rings. The number of benzene rings is 1. The first-order valence-corrected chi connectivity index (χ1v) is 11.4. The zero-order chi connectivity index (χ0) is 21.3. The molecular formula is C25H35NO4. The van der Waals surface area contributed by atoms with E-state index >= 15 is 0 Å². The van der Waals surface area contributed by atoms with Crippen LogP contribution in [0.1, 0.15) is 93.2 Å². The molecule has 5 heteroatoms. The lowest BCUT2D eigenvalue weighted by molar-refractivity contribution is -0.137. The van der Waals surface area contributed by atoms with Gasteiger partial charge in [0.05, 0.1) is 18.7 Å². The molecule has 1 aliphatic carbocycles. The molecule has 0 radical (unpaired) electrons. The van der Waals surface area contributed by atoms with Crippen LogP contribution in [0, 0.1) is 5.92 Å². The topological polar surface area (TPSA) is 72.6 Å². The summed E-state index contributed by atoms with van der Waals surface area (Å²) in [7, 11) is 0. The van der Waals surface area contributed by atoms with Gasteiger partial charge in [0, 0.05) is 24.0 Å². The molecule has 0 aliphatic heterocycles. The number of carboxylic acids is 1. The largest absolute Gasteiger partial charge is 0.481 e. The van der Waals surface area contributed by atoms with E-state index in [1.807, 2.05) is 30.3 Å². The van der Waals surface area contributed by atoms with Crippen molar-refractivity contribution in [2.45, 2.75) is 83.7 Å². The second kappa shape index (κ2) is 11.3. The molecule has 0 saturated heterocycles. The van der Waals surface area contributed by atoms with Gasteiger partial charge < -0.3 is 14.4 Å². The number of carbonyl (C=O) groups is 1. The van der Waals surface area contributed by atoms with E-state index in [4.69, 9.17) is 9.26 Å². The van der Waals surface area contributed by atoms with Gasteiger partial charge in [-0.1, -0.05) is 55.8 Å². The zero-order valence-corrected chi connectivity index (χ0v) is 18.3. The summed E-state index contributed by atoms with van der Waals surface area (Å²) in [6.45, 7) is 5.69. The Morgan fingerprint density at radius 1 is 1.27 bits per heavy atom. The Kier molecular flexibility index (Phi) is 8.50. The first-order chi connectivity index (χ1) is 14.5. The third kappa shape index (κ3) is 6.43. The molecule has 2 atom stereocenters. The second-order valence-electron chi connectivity index (χ2n) is 8.95. The van der Waals surface area contributed by atoms with Crippen LogP contribution in [0.25, 0.3) is 0 Å². The minimum absolute atomic E-state index is 0.0916. The molecule has 30 heavy (non-hydrogen) atoms. The fraction of sp³-hybridized carbons (Fsp3) is 0.600. The Morgan fingerprint density at radius 2 is 2.07 bits per heavy atom. The van der Waals surface area contributed by atoms with Crippen LogP contribution >= 0.6 is 0 Å². The summed E-state index contributed by atoms with van der Waals surface area (Å²) in [6, 6.07) is 10.1. The van der Waals surface area contributed by atoms with Crippen LogP contribution in [0.2, 0.25) is 0 Å². The summed E-state index contributed by atoms with van der Waals surface area (Å²) in [6.07, 6.45) is 7.17. The Morgan fingerprint density at radius 3 is 2.80 bits per heavy atom. The van der Waals surface area contributed by atoms with E-state index in [1.54, 1.807) is 0 Å². The maximum Gasteiger partial charge on any atom is 0.304 e. The highest BCUT2D eigenvalue weighted by Gasteiger charge is 2.31. The van der Waals surface area contributed by atoms with Crippen LogP contribution in [-0.4, -0.2) is 22.8 Å². The minimum atomic E-state index is -0.783. The molecule has 5 nitrogen and oxygen atoms in total. The number of nitrogens with zero attached hydrogens (tertiary/aromatic N) is 1. The van der Waals surface area contributed by atoms with Crippen molar-refractivity contribution in [3.8, 4) is 0 Å². The SMILES string of the molecule is CC(C)CC[C@@H]1CCCc2c(C(CCCOCc3ccccc3)CC(=O)O)noc21. The number of hydrogen-bond donors (Lipinski definition) is 1. The monoisotopic (exact) mass is 413 g/mol. The molecule has 0 fully saturated rings. The molecule has 0 bridgehead atoms. The van der Waals surface area contributed by atoms with E-state index in [9.17, 15) is 9.90 Å². The summed E-state index contributed by atoms with van der Waals surface area (Å²) in [5, 5.41) is 13.8. The van der Waals surface area contributed by atoms with Gasteiger partial charge in [-0.15, -0.1) is 0 Å². The van der Waals surface area contributed by atoms with E-state index in [0.29, 0.717) is 25.0 Å². The average molecular weight is 414 g/mol. The lowest BCUT2D eigenvalue weighted by Crippen LogP contribution is -2.13. The highest BCUT2D eigenvalue weighted by atomic mass is 16.5. The number of hydrogen-bond acceptors (Lipinski definition) is 4. The molecule has 2 aromatic rings. The van der Waals surface area contributed by atoms with Gasteiger partial charge in [-0.05, 0) is 50.0 Å². The Balaban J connectivity index is 1.59.